The molecular weight excluding hydrogens is 260 g/mol. The zero-order chi connectivity index (χ0) is 11.4. The van der Waals surface area contributed by atoms with Crippen molar-refractivity contribution in [3.8, 4) is 11.5 Å². The van der Waals surface area contributed by atoms with E-state index >= 15 is 0 Å². The van der Waals surface area contributed by atoms with Crippen molar-refractivity contribution in [3.63, 3.8) is 0 Å². The summed E-state index contributed by atoms with van der Waals surface area (Å²) in [5.41, 5.74) is 1.83. The number of aliphatic hydroxyl groups excluding tert-OH is 1. The summed E-state index contributed by atoms with van der Waals surface area (Å²) in [4.78, 5) is 0. The maximum Gasteiger partial charge on any atom is 0.174 e. The molecule has 0 amide bonds. The summed E-state index contributed by atoms with van der Waals surface area (Å²) in [5, 5.41) is 18.7. The first-order chi connectivity index (χ1) is 7.11. The molecule has 0 aliphatic rings. The maximum absolute atomic E-state index is 9.94. The molecule has 0 aromatic heterocycles. The van der Waals surface area contributed by atoms with E-state index < -0.39 is 0 Å². The van der Waals surface area contributed by atoms with Gasteiger partial charge in [-0.15, -0.1) is 0 Å². The second kappa shape index (κ2) is 5.37. The minimum Gasteiger partial charge on any atom is -0.504 e. The molecule has 3 nitrogen and oxygen atoms in total. The van der Waals surface area contributed by atoms with Gasteiger partial charge in [0.25, 0.3) is 0 Å². The fraction of sp³-hybridized carbons (Fsp3) is 0.455. The quantitative estimate of drug-likeness (QED) is 0.887. The number of hydrogen-bond acceptors (Lipinski definition) is 3. The second-order valence-corrected chi connectivity index (χ2v) is 4.22. The Bertz CT molecular complexity index is 350. The average Bonchev–Trinajstić information content (AvgIpc) is 2.17. The topological polar surface area (TPSA) is 49.7 Å². The van der Waals surface area contributed by atoms with E-state index in [9.17, 15) is 5.11 Å². The highest BCUT2D eigenvalue weighted by atomic mass is 79.9. The Hall–Kier alpha value is -0.740. The summed E-state index contributed by atoms with van der Waals surface area (Å²) in [6.07, 6.45) is 1.29. The first-order valence-corrected chi connectivity index (χ1v) is 5.57. The van der Waals surface area contributed by atoms with E-state index in [4.69, 9.17) is 9.84 Å². The molecule has 1 rings (SSSR count). The van der Waals surface area contributed by atoms with Gasteiger partial charge in [-0.05, 0) is 47.3 Å². The molecule has 0 heterocycles. The van der Waals surface area contributed by atoms with E-state index in [-0.39, 0.29) is 12.4 Å². The third kappa shape index (κ3) is 2.63. The van der Waals surface area contributed by atoms with Crippen LogP contribution in [0.25, 0.3) is 0 Å². The molecule has 0 atom stereocenters. The molecule has 15 heavy (non-hydrogen) atoms. The second-order valence-electron chi connectivity index (χ2n) is 3.36. The Balaban J connectivity index is 3.14. The molecule has 0 unspecified atom stereocenters. The number of aliphatic hydroxyl groups is 1. The van der Waals surface area contributed by atoms with Crippen LogP contribution in [-0.4, -0.2) is 23.9 Å². The van der Waals surface area contributed by atoms with Crippen LogP contribution in [0.1, 0.15) is 17.5 Å². The first kappa shape index (κ1) is 12.3. The van der Waals surface area contributed by atoms with Crippen LogP contribution in [0.3, 0.4) is 0 Å². The van der Waals surface area contributed by atoms with Gasteiger partial charge in [-0.25, -0.2) is 0 Å². The van der Waals surface area contributed by atoms with Gasteiger partial charge in [-0.3, -0.25) is 0 Å². The Morgan fingerprint density at radius 3 is 2.67 bits per heavy atom. The summed E-state index contributed by atoms with van der Waals surface area (Å²) in [7, 11) is 1.52. The molecular formula is C11H15BrO3. The lowest BCUT2D eigenvalue weighted by Gasteiger charge is -2.13. The van der Waals surface area contributed by atoms with Crippen LogP contribution in [0, 0.1) is 6.92 Å². The normalized spacial score (nSPS) is 10.4. The molecule has 1 aromatic carbocycles. The van der Waals surface area contributed by atoms with Crippen molar-refractivity contribution in [3.05, 3.63) is 21.7 Å². The van der Waals surface area contributed by atoms with Crippen LogP contribution in [0.2, 0.25) is 0 Å². The van der Waals surface area contributed by atoms with E-state index in [1.165, 1.54) is 7.11 Å². The number of halogens is 1. The largest absolute Gasteiger partial charge is 0.504 e. The smallest absolute Gasteiger partial charge is 0.174 e. The minimum atomic E-state index is 0.122. The van der Waals surface area contributed by atoms with E-state index in [1.807, 2.05) is 13.0 Å². The highest BCUT2D eigenvalue weighted by Crippen LogP contribution is 2.39. The van der Waals surface area contributed by atoms with Crippen molar-refractivity contribution in [2.75, 3.05) is 13.7 Å². The van der Waals surface area contributed by atoms with Gasteiger partial charge in [-0.2, -0.15) is 0 Å². The van der Waals surface area contributed by atoms with Gasteiger partial charge in [0, 0.05) is 12.2 Å². The predicted molar refractivity (Wildman–Crippen MR) is 62.5 cm³/mol. The summed E-state index contributed by atoms with van der Waals surface area (Å²) in [6, 6.07) is 1.91. The molecule has 0 bridgehead atoms. The van der Waals surface area contributed by atoms with Crippen LogP contribution in [0.5, 0.6) is 11.5 Å². The van der Waals surface area contributed by atoms with Crippen LogP contribution < -0.4 is 4.74 Å². The van der Waals surface area contributed by atoms with Crippen molar-refractivity contribution >= 4 is 15.9 Å². The summed E-state index contributed by atoms with van der Waals surface area (Å²) in [5.74, 6) is 0.617. The summed E-state index contributed by atoms with van der Waals surface area (Å²) in [6.45, 7) is 2.05. The van der Waals surface area contributed by atoms with Crippen molar-refractivity contribution in [2.45, 2.75) is 19.8 Å². The molecule has 4 heteroatoms. The van der Waals surface area contributed by atoms with E-state index in [1.54, 1.807) is 0 Å². The van der Waals surface area contributed by atoms with Gasteiger partial charge in [0.2, 0.25) is 0 Å². The number of phenolic OH excluding ortho intramolecular Hbond substituents is 1. The van der Waals surface area contributed by atoms with Gasteiger partial charge in [0.15, 0.2) is 11.5 Å². The molecule has 0 saturated carbocycles. The molecule has 0 aliphatic carbocycles. The van der Waals surface area contributed by atoms with E-state index in [0.29, 0.717) is 18.6 Å². The monoisotopic (exact) mass is 274 g/mol. The number of hydrogen-bond donors (Lipinski definition) is 2. The van der Waals surface area contributed by atoms with Gasteiger partial charge >= 0.3 is 0 Å². The Morgan fingerprint density at radius 1 is 1.47 bits per heavy atom. The van der Waals surface area contributed by atoms with Gasteiger partial charge < -0.3 is 14.9 Å². The predicted octanol–water partition coefficient (Wildman–Crippen LogP) is 2.40. The van der Waals surface area contributed by atoms with Crippen LogP contribution in [0.4, 0.5) is 0 Å². The van der Waals surface area contributed by atoms with Gasteiger partial charge in [-0.1, -0.05) is 0 Å². The fourth-order valence-electron chi connectivity index (χ4n) is 1.55. The molecule has 0 spiro atoms. The SMILES string of the molecule is COc1c(Br)cc(C)c(CCCO)c1O. The van der Waals surface area contributed by atoms with Gasteiger partial charge in [0.05, 0.1) is 11.6 Å². The average molecular weight is 275 g/mol. The molecule has 0 aliphatic heterocycles. The first-order valence-electron chi connectivity index (χ1n) is 4.77. The van der Waals surface area contributed by atoms with Crippen molar-refractivity contribution < 1.29 is 14.9 Å². The molecule has 2 N–H and O–H groups in total. The highest BCUT2D eigenvalue weighted by Gasteiger charge is 2.14. The molecule has 0 saturated heterocycles. The van der Waals surface area contributed by atoms with Crippen LogP contribution >= 0.6 is 15.9 Å². The number of ether oxygens (including phenoxy) is 1. The van der Waals surface area contributed by atoms with E-state index in [0.717, 1.165) is 15.6 Å². The number of phenols is 1. The maximum atomic E-state index is 9.94. The molecule has 0 radical (unpaired) electrons. The number of aryl methyl sites for hydroxylation is 1. The van der Waals surface area contributed by atoms with Crippen molar-refractivity contribution in [2.24, 2.45) is 0 Å². The Morgan fingerprint density at radius 2 is 2.13 bits per heavy atom. The Kier molecular flexibility index (Phi) is 4.42. The standard InChI is InChI=1S/C11H15BrO3/c1-7-6-9(12)11(15-2)10(14)8(7)4-3-5-13/h6,13-14H,3-5H2,1-2H3. The zero-order valence-electron chi connectivity index (χ0n) is 8.88. The minimum absolute atomic E-state index is 0.122. The van der Waals surface area contributed by atoms with Crippen LogP contribution in [0.15, 0.2) is 10.5 Å². The number of aromatic hydroxyl groups is 1. The summed E-state index contributed by atoms with van der Waals surface area (Å²) >= 11 is 3.33. The highest BCUT2D eigenvalue weighted by molar-refractivity contribution is 9.10. The lowest BCUT2D eigenvalue weighted by Crippen LogP contribution is -1.96. The van der Waals surface area contributed by atoms with Crippen molar-refractivity contribution in [1.82, 2.24) is 0 Å². The number of benzene rings is 1. The summed E-state index contributed by atoms with van der Waals surface area (Å²) < 4.78 is 5.84. The Labute approximate surface area is 97.8 Å². The number of methoxy groups -OCH3 is 1. The molecule has 1 aromatic rings. The zero-order valence-corrected chi connectivity index (χ0v) is 10.5. The van der Waals surface area contributed by atoms with Gasteiger partial charge in [0.1, 0.15) is 0 Å². The number of rotatable bonds is 4. The van der Waals surface area contributed by atoms with Crippen LogP contribution in [-0.2, 0) is 6.42 Å². The lowest BCUT2D eigenvalue weighted by molar-refractivity contribution is 0.287. The third-order valence-electron chi connectivity index (χ3n) is 2.33. The fourth-order valence-corrected chi connectivity index (χ4v) is 2.24. The van der Waals surface area contributed by atoms with E-state index in [2.05, 4.69) is 15.9 Å². The third-order valence-corrected chi connectivity index (χ3v) is 2.92. The molecule has 84 valence electrons. The van der Waals surface area contributed by atoms with Crippen molar-refractivity contribution in [1.29, 1.82) is 0 Å². The lowest BCUT2D eigenvalue weighted by atomic mass is 10.0. The molecule has 0 fully saturated rings.